The van der Waals surface area contributed by atoms with Crippen molar-refractivity contribution >= 4 is 5.97 Å². The Kier molecular flexibility index (Phi) is 21.7. The molecule has 1 saturated heterocycles. The molecule has 0 amide bonds. The van der Waals surface area contributed by atoms with Crippen molar-refractivity contribution in [2.75, 3.05) is 0 Å². The molecule has 2 N–H and O–H groups in total. The van der Waals surface area contributed by atoms with Crippen molar-refractivity contribution in [3.8, 4) is 0 Å². The molecule has 0 spiro atoms. The van der Waals surface area contributed by atoms with Gasteiger partial charge in [0.05, 0.1) is 24.4 Å². The second kappa shape index (κ2) is 24.4. The molecule has 42 heavy (non-hydrogen) atoms. The minimum absolute atomic E-state index is 0.0446. The first-order chi connectivity index (χ1) is 20.5. The molecular weight excluding hydrogens is 524 g/mol. The van der Waals surface area contributed by atoms with E-state index in [9.17, 15) is 15.0 Å². The number of carbonyl (C=O) groups is 1. The van der Waals surface area contributed by atoms with Crippen LogP contribution in [0.25, 0.3) is 0 Å². The maximum absolute atomic E-state index is 11.6. The lowest BCUT2D eigenvalue weighted by Gasteiger charge is -2.22. The summed E-state index contributed by atoms with van der Waals surface area (Å²) in [6.45, 7) is 4.19. The van der Waals surface area contributed by atoms with E-state index in [-0.39, 0.29) is 36.5 Å². The summed E-state index contributed by atoms with van der Waals surface area (Å²) in [5.74, 6) is -0.117. The number of aliphatic hydroxyl groups is 2. The number of cyclic esters (lactones) is 1. The molecule has 1 fully saturated rings. The van der Waals surface area contributed by atoms with Crippen molar-refractivity contribution < 1.29 is 24.5 Å². The summed E-state index contributed by atoms with van der Waals surface area (Å²) in [5, 5.41) is 21.3. The summed E-state index contributed by atoms with van der Waals surface area (Å²) in [4.78, 5) is 11.6. The molecule has 2 heterocycles. The van der Waals surface area contributed by atoms with Crippen molar-refractivity contribution in [2.45, 2.75) is 218 Å². The smallest absolute Gasteiger partial charge is 0.334 e. The van der Waals surface area contributed by atoms with E-state index in [0.29, 0.717) is 0 Å². The van der Waals surface area contributed by atoms with E-state index < -0.39 is 0 Å². The van der Waals surface area contributed by atoms with E-state index in [1.165, 1.54) is 122 Å². The van der Waals surface area contributed by atoms with Crippen molar-refractivity contribution in [1.82, 2.24) is 0 Å². The lowest BCUT2D eigenvalue weighted by molar-refractivity contribution is -0.139. The summed E-state index contributed by atoms with van der Waals surface area (Å²) in [5.41, 5.74) is 0.870. The molecule has 5 atom stereocenters. The molecule has 0 bridgehead atoms. The molecule has 5 heteroatoms. The molecule has 2 aliphatic rings. The molecule has 1 unspecified atom stereocenters. The molecule has 5 nitrogen and oxygen atoms in total. The SMILES string of the molecule is CCCCCCCCCCCCCC[C@@H](O)[C@H]1CC[C@@H]([C@@H](O)CCCCCCCCCCCCC2=CC(C)OC2=O)O1. The van der Waals surface area contributed by atoms with Crippen LogP contribution >= 0.6 is 0 Å². The van der Waals surface area contributed by atoms with Gasteiger partial charge in [-0.25, -0.2) is 4.79 Å². The number of rotatable bonds is 28. The minimum atomic E-state index is -0.390. The second-order valence-electron chi connectivity index (χ2n) is 13.5. The molecule has 0 aliphatic carbocycles. The number of esters is 1. The topological polar surface area (TPSA) is 76.0 Å². The van der Waals surface area contributed by atoms with Crippen LogP contribution in [-0.4, -0.2) is 46.7 Å². The van der Waals surface area contributed by atoms with Crippen LogP contribution in [0.15, 0.2) is 11.6 Å². The van der Waals surface area contributed by atoms with Crippen LogP contribution in [0.1, 0.15) is 187 Å². The molecule has 0 aromatic heterocycles. The van der Waals surface area contributed by atoms with Gasteiger partial charge in [-0.1, -0.05) is 142 Å². The Morgan fingerprint density at radius 3 is 1.40 bits per heavy atom. The summed E-state index contributed by atoms with van der Waals surface area (Å²) in [6, 6.07) is 0. The Morgan fingerprint density at radius 2 is 1.02 bits per heavy atom. The first-order valence-electron chi connectivity index (χ1n) is 18.4. The summed E-state index contributed by atoms with van der Waals surface area (Å²) < 4.78 is 11.3. The average Bonchev–Trinajstić information content (AvgIpc) is 3.60. The highest BCUT2D eigenvalue weighted by molar-refractivity contribution is 5.90. The zero-order valence-electron chi connectivity index (χ0n) is 27.7. The van der Waals surface area contributed by atoms with Gasteiger partial charge in [0, 0.05) is 5.57 Å². The summed E-state index contributed by atoms with van der Waals surface area (Å²) in [6.07, 6.45) is 33.4. The highest BCUT2D eigenvalue weighted by Crippen LogP contribution is 2.28. The number of ether oxygens (including phenoxy) is 2. The van der Waals surface area contributed by atoms with Gasteiger partial charge >= 0.3 is 5.97 Å². The Labute approximate surface area is 259 Å². The highest BCUT2D eigenvalue weighted by atomic mass is 16.5. The van der Waals surface area contributed by atoms with Gasteiger partial charge in [-0.15, -0.1) is 0 Å². The second-order valence-corrected chi connectivity index (χ2v) is 13.5. The maximum Gasteiger partial charge on any atom is 0.334 e. The molecular formula is C37H68O5. The molecule has 2 rings (SSSR count). The van der Waals surface area contributed by atoms with Crippen molar-refractivity contribution in [1.29, 1.82) is 0 Å². The quantitative estimate of drug-likeness (QED) is 0.0698. The van der Waals surface area contributed by atoms with Crippen LogP contribution in [0.2, 0.25) is 0 Å². The van der Waals surface area contributed by atoms with Gasteiger partial charge in [0.2, 0.25) is 0 Å². The number of hydrogen-bond acceptors (Lipinski definition) is 5. The number of carbonyl (C=O) groups excluding carboxylic acids is 1. The van der Waals surface area contributed by atoms with E-state index in [0.717, 1.165) is 56.9 Å². The number of unbranched alkanes of at least 4 members (excludes halogenated alkanes) is 20. The molecule has 0 aromatic carbocycles. The fourth-order valence-corrected chi connectivity index (χ4v) is 6.72. The lowest BCUT2D eigenvalue weighted by Crippen LogP contribution is -2.31. The third kappa shape index (κ3) is 17.4. The fraction of sp³-hybridized carbons (Fsp3) is 0.919. The maximum atomic E-state index is 11.6. The van der Waals surface area contributed by atoms with Gasteiger partial charge in [-0.05, 0) is 51.5 Å². The van der Waals surface area contributed by atoms with E-state index in [2.05, 4.69) is 6.92 Å². The summed E-state index contributed by atoms with van der Waals surface area (Å²) >= 11 is 0. The first-order valence-corrected chi connectivity index (χ1v) is 18.4. The molecule has 0 saturated carbocycles. The van der Waals surface area contributed by atoms with Crippen molar-refractivity contribution in [3.63, 3.8) is 0 Å². The van der Waals surface area contributed by atoms with Gasteiger partial charge < -0.3 is 19.7 Å². The van der Waals surface area contributed by atoms with E-state index >= 15 is 0 Å². The van der Waals surface area contributed by atoms with E-state index in [1.54, 1.807) is 0 Å². The summed E-state index contributed by atoms with van der Waals surface area (Å²) in [7, 11) is 0. The van der Waals surface area contributed by atoms with Crippen LogP contribution in [0, 0.1) is 0 Å². The van der Waals surface area contributed by atoms with Crippen LogP contribution in [0.3, 0.4) is 0 Å². The predicted octanol–water partition coefficient (Wildman–Crippen LogP) is 9.90. The third-order valence-corrected chi connectivity index (χ3v) is 9.48. The van der Waals surface area contributed by atoms with Crippen LogP contribution in [0.5, 0.6) is 0 Å². The normalized spacial score (nSPS) is 22.0. The Hall–Kier alpha value is -0.910. The van der Waals surface area contributed by atoms with Gasteiger partial charge in [-0.2, -0.15) is 0 Å². The first kappa shape index (κ1) is 37.3. The fourth-order valence-electron chi connectivity index (χ4n) is 6.72. The molecule has 246 valence electrons. The van der Waals surface area contributed by atoms with Crippen LogP contribution in [0.4, 0.5) is 0 Å². The van der Waals surface area contributed by atoms with Crippen LogP contribution in [-0.2, 0) is 14.3 Å². The van der Waals surface area contributed by atoms with Gasteiger partial charge in [0.1, 0.15) is 6.10 Å². The zero-order chi connectivity index (χ0) is 30.3. The Morgan fingerprint density at radius 1 is 0.643 bits per heavy atom. The van der Waals surface area contributed by atoms with E-state index in [4.69, 9.17) is 9.47 Å². The van der Waals surface area contributed by atoms with Gasteiger partial charge in [-0.3, -0.25) is 0 Å². The molecule has 0 aromatic rings. The Bertz CT molecular complexity index is 692. The average molecular weight is 593 g/mol. The van der Waals surface area contributed by atoms with Crippen molar-refractivity contribution in [3.05, 3.63) is 11.6 Å². The third-order valence-electron chi connectivity index (χ3n) is 9.48. The predicted molar refractivity (Wildman–Crippen MR) is 175 cm³/mol. The number of hydrogen-bond donors (Lipinski definition) is 2. The molecule has 0 radical (unpaired) electrons. The lowest BCUT2D eigenvalue weighted by atomic mass is 10.00. The van der Waals surface area contributed by atoms with Crippen LogP contribution < -0.4 is 0 Å². The zero-order valence-corrected chi connectivity index (χ0v) is 27.7. The monoisotopic (exact) mass is 593 g/mol. The molecule has 2 aliphatic heterocycles. The Balaban J connectivity index is 1.33. The van der Waals surface area contributed by atoms with Gasteiger partial charge in [0.25, 0.3) is 0 Å². The van der Waals surface area contributed by atoms with Gasteiger partial charge in [0.15, 0.2) is 0 Å². The number of aliphatic hydroxyl groups excluding tert-OH is 2. The van der Waals surface area contributed by atoms with Crippen molar-refractivity contribution in [2.24, 2.45) is 0 Å². The standard InChI is InChI=1S/C37H68O5/c1-3-4-5-6-7-8-9-10-14-17-20-23-26-33(38)35-28-29-36(42-35)34(39)27-24-21-18-15-12-11-13-16-19-22-25-32-30-31(2)41-37(32)40/h30-31,33-36,38-39H,3-29H2,1-2H3/t31?,33-,34+,35-,36+/m1/s1. The highest BCUT2D eigenvalue weighted by Gasteiger charge is 2.34. The van der Waals surface area contributed by atoms with E-state index in [1.807, 2.05) is 13.0 Å². The minimum Gasteiger partial charge on any atom is -0.455 e. The largest absolute Gasteiger partial charge is 0.455 e.